The Hall–Kier alpha value is -1.19. The number of rotatable bonds is 3. The molecule has 0 aliphatic rings. The number of hydrogen-bond donors (Lipinski definition) is 1. The predicted molar refractivity (Wildman–Crippen MR) is 93.3 cm³/mol. The topological polar surface area (TPSA) is 28.7 Å². The van der Waals surface area contributed by atoms with Crippen molar-refractivity contribution in [2.75, 3.05) is 0 Å². The summed E-state index contributed by atoms with van der Waals surface area (Å²) in [7, 11) is 0. The summed E-state index contributed by atoms with van der Waals surface area (Å²) in [6.07, 6.45) is 2.43. The van der Waals surface area contributed by atoms with Gasteiger partial charge in [-0.05, 0) is 29.8 Å². The van der Waals surface area contributed by atoms with Crippen LogP contribution in [0.2, 0.25) is 20.1 Å². The Kier molecular flexibility index (Phi) is 4.65. The molecule has 0 aliphatic carbocycles. The number of imidazole rings is 1. The lowest BCUT2D eigenvalue weighted by Crippen LogP contribution is -1.92. The molecule has 3 rings (SSSR count). The number of aromatic amines is 1. The third kappa shape index (κ3) is 3.41. The number of nitrogens with zero attached hydrogens (tertiary/aromatic N) is 1. The molecule has 3 aromatic rings. The molecule has 0 radical (unpaired) electrons. The minimum Gasteiger partial charge on any atom is -0.348 e. The monoisotopic (exact) mass is 370 g/mol. The van der Waals surface area contributed by atoms with Crippen LogP contribution in [0.3, 0.4) is 0 Å². The summed E-state index contributed by atoms with van der Waals surface area (Å²) < 4.78 is 0. The minimum absolute atomic E-state index is 0.504. The number of hydrogen-bond acceptors (Lipinski definition) is 1. The molecular weight excluding hydrogens is 362 g/mol. The summed E-state index contributed by atoms with van der Waals surface area (Å²) in [5, 5.41) is 2.27. The fourth-order valence-electron chi connectivity index (χ4n) is 2.10. The Balaban J connectivity index is 1.85. The summed E-state index contributed by atoms with van der Waals surface area (Å²) >= 11 is 24.0. The lowest BCUT2D eigenvalue weighted by Gasteiger charge is -2.02. The van der Waals surface area contributed by atoms with Crippen molar-refractivity contribution in [1.82, 2.24) is 9.97 Å². The molecule has 2 aromatic carbocycles. The van der Waals surface area contributed by atoms with Crippen LogP contribution in [0.1, 0.15) is 11.4 Å². The van der Waals surface area contributed by atoms with E-state index in [1.54, 1.807) is 18.2 Å². The highest BCUT2D eigenvalue weighted by atomic mass is 35.5. The second-order valence-corrected chi connectivity index (χ2v) is 6.43. The summed E-state index contributed by atoms with van der Waals surface area (Å²) in [5.41, 5.74) is 2.67. The molecule has 6 heteroatoms. The molecule has 22 heavy (non-hydrogen) atoms. The number of H-pyrrole nitrogens is 1. The quantitative estimate of drug-likeness (QED) is 0.576. The average Bonchev–Trinajstić information content (AvgIpc) is 2.93. The van der Waals surface area contributed by atoms with Crippen molar-refractivity contribution >= 4 is 46.4 Å². The van der Waals surface area contributed by atoms with Gasteiger partial charge in [-0.1, -0.05) is 58.5 Å². The lowest BCUT2D eigenvalue weighted by molar-refractivity contribution is 1.03. The largest absolute Gasteiger partial charge is 0.348 e. The molecule has 0 saturated carbocycles. The minimum atomic E-state index is 0.504. The number of benzene rings is 2. The van der Waals surface area contributed by atoms with Crippen molar-refractivity contribution in [3.8, 4) is 11.3 Å². The van der Waals surface area contributed by atoms with Gasteiger partial charge in [-0.15, -0.1) is 0 Å². The van der Waals surface area contributed by atoms with Crippen molar-refractivity contribution < 1.29 is 0 Å². The third-order valence-electron chi connectivity index (χ3n) is 3.22. The van der Waals surface area contributed by atoms with Gasteiger partial charge in [0.15, 0.2) is 0 Å². The van der Waals surface area contributed by atoms with Gasteiger partial charge >= 0.3 is 0 Å². The third-order valence-corrected chi connectivity index (χ3v) is 4.55. The number of halogens is 4. The summed E-state index contributed by atoms with van der Waals surface area (Å²) in [6.45, 7) is 0. The lowest BCUT2D eigenvalue weighted by atomic mass is 10.1. The Morgan fingerprint density at radius 3 is 2.41 bits per heavy atom. The first kappa shape index (κ1) is 15.7. The maximum absolute atomic E-state index is 6.18. The van der Waals surface area contributed by atoms with Crippen LogP contribution < -0.4 is 0 Å². The molecular formula is C16H10Cl4N2. The van der Waals surface area contributed by atoms with Gasteiger partial charge in [-0.3, -0.25) is 0 Å². The first-order valence-electron chi connectivity index (χ1n) is 6.46. The standard InChI is InChI=1S/C16H10Cl4N2/c17-11-3-1-9(13(19)7-11)6-16-21-8-15(22-16)10-2-4-12(18)14(20)5-10/h1-5,7-8H,6H2,(H,21,22). The molecule has 1 N–H and O–H groups in total. The van der Waals surface area contributed by atoms with Crippen molar-refractivity contribution in [3.05, 3.63) is 74.1 Å². The van der Waals surface area contributed by atoms with E-state index < -0.39 is 0 Å². The highest BCUT2D eigenvalue weighted by molar-refractivity contribution is 6.42. The zero-order valence-electron chi connectivity index (χ0n) is 11.2. The first-order chi connectivity index (χ1) is 10.5. The summed E-state index contributed by atoms with van der Waals surface area (Å²) in [5.74, 6) is 0.810. The number of nitrogens with one attached hydrogen (secondary N) is 1. The molecule has 0 saturated heterocycles. The Labute approximate surface area is 148 Å². The smallest absolute Gasteiger partial charge is 0.111 e. The van der Waals surface area contributed by atoms with Crippen molar-refractivity contribution in [2.45, 2.75) is 6.42 Å². The normalized spacial score (nSPS) is 10.9. The summed E-state index contributed by atoms with van der Waals surface area (Å²) in [6, 6.07) is 10.9. The van der Waals surface area contributed by atoms with Gasteiger partial charge in [0.05, 0.1) is 15.7 Å². The molecule has 0 amide bonds. The van der Waals surface area contributed by atoms with E-state index >= 15 is 0 Å². The van der Waals surface area contributed by atoms with Crippen LogP contribution in [-0.4, -0.2) is 9.97 Å². The van der Waals surface area contributed by atoms with Gasteiger partial charge in [-0.25, -0.2) is 4.98 Å². The van der Waals surface area contributed by atoms with Gasteiger partial charge in [0.1, 0.15) is 5.82 Å². The van der Waals surface area contributed by atoms with Gasteiger partial charge in [0, 0.05) is 28.2 Å². The molecule has 0 unspecified atom stereocenters. The zero-order valence-corrected chi connectivity index (χ0v) is 14.2. The van der Waals surface area contributed by atoms with Crippen LogP contribution in [0.15, 0.2) is 42.6 Å². The van der Waals surface area contributed by atoms with E-state index in [1.807, 2.05) is 24.4 Å². The number of aromatic nitrogens is 2. The summed E-state index contributed by atoms with van der Waals surface area (Å²) in [4.78, 5) is 7.71. The molecule has 0 fully saturated rings. The van der Waals surface area contributed by atoms with E-state index in [-0.39, 0.29) is 0 Å². The average molecular weight is 372 g/mol. The zero-order chi connectivity index (χ0) is 15.7. The SMILES string of the molecule is Clc1ccc(Cc2nc(-c3ccc(Cl)c(Cl)c3)c[nH]2)c(Cl)c1. The predicted octanol–water partition coefficient (Wildman–Crippen LogP) is 6.28. The highest BCUT2D eigenvalue weighted by Gasteiger charge is 2.09. The molecule has 1 heterocycles. The first-order valence-corrected chi connectivity index (χ1v) is 7.98. The van der Waals surface area contributed by atoms with E-state index in [1.165, 1.54) is 0 Å². The van der Waals surface area contributed by atoms with Crippen LogP contribution in [0.4, 0.5) is 0 Å². The van der Waals surface area contributed by atoms with Crippen molar-refractivity contribution in [2.24, 2.45) is 0 Å². The van der Waals surface area contributed by atoms with Crippen LogP contribution in [-0.2, 0) is 6.42 Å². The van der Waals surface area contributed by atoms with Crippen LogP contribution >= 0.6 is 46.4 Å². The molecule has 0 aliphatic heterocycles. The van der Waals surface area contributed by atoms with Gasteiger partial charge in [0.25, 0.3) is 0 Å². The van der Waals surface area contributed by atoms with E-state index in [2.05, 4.69) is 9.97 Å². The maximum atomic E-state index is 6.18. The molecule has 112 valence electrons. The molecule has 0 atom stereocenters. The Bertz CT molecular complexity index is 827. The fourth-order valence-corrected chi connectivity index (χ4v) is 2.87. The maximum Gasteiger partial charge on any atom is 0.111 e. The van der Waals surface area contributed by atoms with Gasteiger partial charge in [0.2, 0.25) is 0 Å². The molecule has 0 spiro atoms. The second kappa shape index (κ2) is 6.51. The van der Waals surface area contributed by atoms with Crippen molar-refractivity contribution in [3.63, 3.8) is 0 Å². The Morgan fingerprint density at radius 1 is 0.864 bits per heavy atom. The Morgan fingerprint density at radius 2 is 1.68 bits per heavy atom. The van der Waals surface area contributed by atoms with Crippen LogP contribution in [0.5, 0.6) is 0 Å². The van der Waals surface area contributed by atoms with E-state index in [4.69, 9.17) is 46.4 Å². The van der Waals surface area contributed by atoms with Gasteiger partial charge in [-0.2, -0.15) is 0 Å². The van der Waals surface area contributed by atoms with Crippen LogP contribution in [0, 0.1) is 0 Å². The fraction of sp³-hybridized carbons (Fsp3) is 0.0625. The molecule has 1 aromatic heterocycles. The van der Waals surface area contributed by atoms with E-state index in [0.717, 1.165) is 22.6 Å². The molecule has 2 nitrogen and oxygen atoms in total. The van der Waals surface area contributed by atoms with Gasteiger partial charge < -0.3 is 4.98 Å². The van der Waals surface area contributed by atoms with Crippen LogP contribution in [0.25, 0.3) is 11.3 Å². The molecule has 0 bridgehead atoms. The van der Waals surface area contributed by atoms with E-state index in [0.29, 0.717) is 26.5 Å². The van der Waals surface area contributed by atoms with Crippen molar-refractivity contribution in [1.29, 1.82) is 0 Å². The second-order valence-electron chi connectivity index (χ2n) is 4.77. The highest BCUT2D eigenvalue weighted by Crippen LogP contribution is 2.28. The van der Waals surface area contributed by atoms with E-state index in [9.17, 15) is 0 Å².